The van der Waals surface area contributed by atoms with Crippen LogP contribution in [0.5, 0.6) is 0 Å². The molecule has 1 heterocycles. The first-order chi connectivity index (χ1) is 11.9. The summed E-state index contributed by atoms with van der Waals surface area (Å²) in [4.78, 5) is 12.4. The molecular weight excluding hydrogens is 334 g/mol. The number of nitrogens with zero attached hydrogens (tertiary/aromatic N) is 2. The standard InChI is InChI=1S/C20H20ClN3O/c1-13-11-14(2)24(23-13)12-16-7-9-17(10-8-16)20(25)22-19-6-4-5-18(21)15(19)3/h4-11H,12H2,1-3H3,(H,22,25). The van der Waals surface area contributed by atoms with Gasteiger partial charge in [0.05, 0.1) is 12.2 Å². The number of aromatic nitrogens is 2. The minimum absolute atomic E-state index is 0.150. The Morgan fingerprint density at radius 1 is 1.12 bits per heavy atom. The summed E-state index contributed by atoms with van der Waals surface area (Å²) in [5.41, 5.74) is 5.42. The van der Waals surface area contributed by atoms with Crippen molar-refractivity contribution in [2.45, 2.75) is 27.3 Å². The summed E-state index contributed by atoms with van der Waals surface area (Å²) in [5.74, 6) is -0.150. The molecule has 0 aliphatic carbocycles. The summed E-state index contributed by atoms with van der Waals surface area (Å²) in [6, 6.07) is 15.1. The number of halogens is 1. The van der Waals surface area contributed by atoms with Gasteiger partial charge in [-0.15, -0.1) is 0 Å². The lowest BCUT2D eigenvalue weighted by Crippen LogP contribution is -2.13. The highest BCUT2D eigenvalue weighted by atomic mass is 35.5. The molecule has 3 rings (SSSR count). The Hall–Kier alpha value is -2.59. The van der Waals surface area contributed by atoms with Gasteiger partial charge in [0.15, 0.2) is 0 Å². The van der Waals surface area contributed by atoms with Gasteiger partial charge in [-0.2, -0.15) is 5.10 Å². The van der Waals surface area contributed by atoms with Crippen LogP contribution in [0.1, 0.15) is 32.9 Å². The maximum absolute atomic E-state index is 12.4. The number of hydrogen-bond acceptors (Lipinski definition) is 2. The SMILES string of the molecule is Cc1cc(C)n(Cc2ccc(C(=O)Nc3cccc(Cl)c3C)cc2)n1. The third-order valence-corrected chi connectivity index (χ3v) is 4.58. The van der Waals surface area contributed by atoms with Crippen LogP contribution in [0.4, 0.5) is 5.69 Å². The van der Waals surface area contributed by atoms with Gasteiger partial charge in [-0.3, -0.25) is 9.48 Å². The van der Waals surface area contributed by atoms with E-state index in [1.165, 1.54) is 0 Å². The number of carbonyl (C=O) groups excluding carboxylic acids is 1. The zero-order valence-electron chi connectivity index (χ0n) is 14.5. The molecule has 128 valence electrons. The highest BCUT2D eigenvalue weighted by molar-refractivity contribution is 6.31. The number of carbonyl (C=O) groups is 1. The van der Waals surface area contributed by atoms with Gasteiger partial charge in [0.1, 0.15) is 0 Å². The Morgan fingerprint density at radius 2 is 1.84 bits per heavy atom. The van der Waals surface area contributed by atoms with E-state index >= 15 is 0 Å². The first kappa shape index (κ1) is 17.2. The molecule has 5 heteroatoms. The van der Waals surface area contributed by atoms with Crippen LogP contribution < -0.4 is 5.32 Å². The fourth-order valence-electron chi connectivity index (χ4n) is 2.71. The highest BCUT2D eigenvalue weighted by Gasteiger charge is 2.09. The van der Waals surface area contributed by atoms with Crippen molar-refractivity contribution in [3.63, 3.8) is 0 Å². The van der Waals surface area contributed by atoms with Crippen molar-refractivity contribution in [1.29, 1.82) is 0 Å². The molecule has 2 aromatic carbocycles. The van der Waals surface area contributed by atoms with E-state index in [1.807, 2.05) is 61.9 Å². The fourth-order valence-corrected chi connectivity index (χ4v) is 2.88. The number of nitrogens with one attached hydrogen (secondary N) is 1. The van der Waals surface area contributed by atoms with Crippen LogP contribution in [-0.4, -0.2) is 15.7 Å². The molecule has 1 aromatic heterocycles. The Kier molecular flexibility index (Phi) is 4.91. The van der Waals surface area contributed by atoms with Gasteiger partial charge in [-0.25, -0.2) is 0 Å². The van der Waals surface area contributed by atoms with Gasteiger partial charge in [0.25, 0.3) is 5.91 Å². The van der Waals surface area contributed by atoms with Crippen LogP contribution >= 0.6 is 11.6 Å². The quantitative estimate of drug-likeness (QED) is 0.734. The Morgan fingerprint density at radius 3 is 2.48 bits per heavy atom. The van der Waals surface area contributed by atoms with Crippen LogP contribution in [0.3, 0.4) is 0 Å². The summed E-state index contributed by atoms with van der Waals surface area (Å²) >= 11 is 6.10. The lowest BCUT2D eigenvalue weighted by molar-refractivity contribution is 0.102. The van der Waals surface area contributed by atoms with Gasteiger partial charge in [0.2, 0.25) is 0 Å². The number of amides is 1. The van der Waals surface area contributed by atoms with E-state index in [1.54, 1.807) is 6.07 Å². The zero-order valence-corrected chi connectivity index (χ0v) is 15.3. The van der Waals surface area contributed by atoms with E-state index in [4.69, 9.17) is 11.6 Å². The topological polar surface area (TPSA) is 46.9 Å². The normalized spacial score (nSPS) is 10.7. The largest absolute Gasteiger partial charge is 0.322 e. The molecule has 0 radical (unpaired) electrons. The maximum atomic E-state index is 12.4. The molecule has 0 spiro atoms. The van der Waals surface area contributed by atoms with Crippen LogP contribution in [0.25, 0.3) is 0 Å². The van der Waals surface area contributed by atoms with E-state index < -0.39 is 0 Å². The molecule has 0 atom stereocenters. The monoisotopic (exact) mass is 353 g/mol. The fraction of sp³-hybridized carbons (Fsp3) is 0.200. The van der Waals surface area contributed by atoms with E-state index in [9.17, 15) is 4.79 Å². The van der Waals surface area contributed by atoms with Crippen LogP contribution in [0.2, 0.25) is 5.02 Å². The van der Waals surface area contributed by atoms with Crippen LogP contribution in [0.15, 0.2) is 48.5 Å². The highest BCUT2D eigenvalue weighted by Crippen LogP contribution is 2.23. The molecular formula is C20H20ClN3O. The molecule has 25 heavy (non-hydrogen) atoms. The summed E-state index contributed by atoms with van der Waals surface area (Å²) in [5, 5.41) is 8.01. The molecule has 0 unspecified atom stereocenters. The van der Waals surface area contributed by atoms with Crippen molar-refractivity contribution in [2.75, 3.05) is 5.32 Å². The van der Waals surface area contributed by atoms with Crippen LogP contribution in [0, 0.1) is 20.8 Å². The predicted molar refractivity (Wildman–Crippen MR) is 101 cm³/mol. The summed E-state index contributed by atoms with van der Waals surface area (Å²) in [6.45, 7) is 6.59. The Bertz CT molecular complexity index is 913. The zero-order chi connectivity index (χ0) is 18.0. The van der Waals surface area contributed by atoms with Crippen molar-refractivity contribution in [3.05, 3.63) is 81.6 Å². The van der Waals surface area contributed by atoms with Crippen molar-refractivity contribution in [2.24, 2.45) is 0 Å². The molecule has 0 aliphatic rings. The number of anilines is 1. The molecule has 1 N–H and O–H groups in total. The van der Waals surface area contributed by atoms with E-state index in [2.05, 4.69) is 16.5 Å². The lowest BCUT2D eigenvalue weighted by atomic mass is 10.1. The Labute approximate surface area is 152 Å². The smallest absolute Gasteiger partial charge is 0.255 e. The first-order valence-corrected chi connectivity index (χ1v) is 8.48. The molecule has 0 saturated heterocycles. The van der Waals surface area contributed by atoms with Gasteiger partial charge >= 0.3 is 0 Å². The number of aryl methyl sites for hydroxylation is 2. The third kappa shape index (κ3) is 3.91. The maximum Gasteiger partial charge on any atom is 0.255 e. The van der Waals surface area contributed by atoms with E-state index in [-0.39, 0.29) is 5.91 Å². The minimum atomic E-state index is -0.150. The number of hydrogen-bond donors (Lipinski definition) is 1. The summed E-state index contributed by atoms with van der Waals surface area (Å²) in [6.07, 6.45) is 0. The molecule has 0 aliphatic heterocycles. The number of rotatable bonds is 4. The molecule has 4 nitrogen and oxygen atoms in total. The van der Waals surface area contributed by atoms with Crippen molar-refractivity contribution < 1.29 is 4.79 Å². The van der Waals surface area contributed by atoms with Crippen molar-refractivity contribution >= 4 is 23.2 Å². The van der Waals surface area contributed by atoms with Crippen molar-refractivity contribution in [1.82, 2.24) is 9.78 Å². The summed E-state index contributed by atoms with van der Waals surface area (Å²) in [7, 11) is 0. The number of benzene rings is 2. The average molecular weight is 354 g/mol. The first-order valence-electron chi connectivity index (χ1n) is 8.10. The average Bonchev–Trinajstić information content (AvgIpc) is 2.90. The van der Waals surface area contributed by atoms with Crippen LogP contribution in [-0.2, 0) is 6.54 Å². The Balaban J connectivity index is 1.72. The minimum Gasteiger partial charge on any atom is -0.322 e. The van der Waals surface area contributed by atoms with Crippen molar-refractivity contribution in [3.8, 4) is 0 Å². The molecule has 0 bridgehead atoms. The van der Waals surface area contributed by atoms with E-state index in [0.717, 1.165) is 28.2 Å². The second kappa shape index (κ2) is 7.11. The van der Waals surface area contributed by atoms with Gasteiger partial charge in [0, 0.05) is 22.0 Å². The molecule has 0 fully saturated rings. The molecule has 1 amide bonds. The molecule has 3 aromatic rings. The second-order valence-electron chi connectivity index (χ2n) is 6.15. The predicted octanol–water partition coefficient (Wildman–Crippen LogP) is 4.76. The lowest BCUT2D eigenvalue weighted by Gasteiger charge is -2.10. The van der Waals surface area contributed by atoms with Gasteiger partial charge in [-0.05, 0) is 62.2 Å². The molecule has 0 saturated carbocycles. The summed E-state index contributed by atoms with van der Waals surface area (Å²) < 4.78 is 1.96. The third-order valence-electron chi connectivity index (χ3n) is 4.17. The second-order valence-corrected chi connectivity index (χ2v) is 6.56. The van der Waals surface area contributed by atoms with E-state index in [0.29, 0.717) is 17.1 Å². The van der Waals surface area contributed by atoms with Gasteiger partial charge in [-0.1, -0.05) is 29.8 Å². The van der Waals surface area contributed by atoms with Gasteiger partial charge < -0.3 is 5.32 Å².